The number of methoxy groups -OCH3 is 1. The Hall–Kier alpha value is -3.44. The van der Waals surface area contributed by atoms with E-state index in [1.807, 2.05) is 0 Å². The number of carbonyl (C=O) groups excluding carboxylic acids is 1. The molecule has 0 bridgehead atoms. The van der Waals surface area contributed by atoms with E-state index in [4.69, 9.17) is 4.74 Å². The normalized spacial score (nSPS) is 20.9. The summed E-state index contributed by atoms with van der Waals surface area (Å²) < 4.78 is 74.6. The van der Waals surface area contributed by atoms with E-state index in [1.54, 1.807) is 48.5 Å². The number of benzene rings is 3. The van der Waals surface area contributed by atoms with Crippen LogP contribution in [0.2, 0.25) is 0 Å². The van der Waals surface area contributed by atoms with Crippen molar-refractivity contribution in [1.82, 2.24) is 5.32 Å². The Bertz CT molecular complexity index is 1720. The van der Waals surface area contributed by atoms with Gasteiger partial charge in [0.05, 0.1) is 35.2 Å². The third-order valence-electron chi connectivity index (χ3n) is 8.63. The van der Waals surface area contributed by atoms with E-state index in [-0.39, 0.29) is 41.7 Å². The molecule has 3 aromatic rings. The second-order valence-corrected chi connectivity index (χ2v) is 15.2. The van der Waals surface area contributed by atoms with Crippen molar-refractivity contribution in [3.8, 4) is 5.75 Å². The molecule has 1 amide bonds. The largest absolute Gasteiger partial charge is 0.497 e. The number of nitrogens with one attached hydrogen (secondary N) is 1. The van der Waals surface area contributed by atoms with Crippen molar-refractivity contribution in [2.75, 3.05) is 22.9 Å². The molecule has 1 N–H and O–H groups in total. The highest BCUT2D eigenvalue weighted by molar-refractivity contribution is 7.93. The van der Waals surface area contributed by atoms with E-state index in [9.17, 15) is 26.0 Å². The highest BCUT2D eigenvalue weighted by Gasteiger charge is 2.60. The Morgan fingerprint density at radius 3 is 2.46 bits per heavy atom. The Balaban J connectivity index is 1.44. The number of fused-ring (bicyclic) bond motifs is 2. The van der Waals surface area contributed by atoms with Crippen LogP contribution in [0.15, 0.2) is 71.6 Å². The molecule has 1 saturated carbocycles. The molecular formula is C30H31FN2O6S2. The topological polar surface area (TPSA) is 110 Å². The van der Waals surface area contributed by atoms with Gasteiger partial charge in [-0.1, -0.05) is 24.3 Å². The van der Waals surface area contributed by atoms with Crippen molar-refractivity contribution >= 4 is 31.5 Å². The fraction of sp³-hybridized carbons (Fsp3) is 0.367. The molecule has 11 heteroatoms. The minimum Gasteiger partial charge on any atom is -0.497 e. The molecule has 2 heterocycles. The van der Waals surface area contributed by atoms with Crippen LogP contribution in [0.3, 0.4) is 0 Å². The summed E-state index contributed by atoms with van der Waals surface area (Å²) in [5.41, 5.74) is 1.04. The molecule has 1 spiro atoms. The molecule has 216 valence electrons. The van der Waals surface area contributed by atoms with Gasteiger partial charge in [-0.25, -0.2) is 21.2 Å². The van der Waals surface area contributed by atoms with Gasteiger partial charge in [0.15, 0.2) is 0 Å². The Morgan fingerprint density at radius 1 is 1.05 bits per heavy atom. The van der Waals surface area contributed by atoms with Gasteiger partial charge in [-0.2, -0.15) is 0 Å². The maximum atomic E-state index is 14.3. The van der Waals surface area contributed by atoms with Gasteiger partial charge in [0, 0.05) is 29.2 Å². The zero-order valence-electron chi connectivity index (χ0n) is 22.5. The van der Waals surface area contributed by atoms with E-state index in [0.29, 0.717) is 28.1 Å². The van der Waals surface area contributed by atoms with Crippen LogP contribution < -0.4 is 14.4 Å². The average Bonchev–Trinajstić information content (AvgIpc) is 3.77. The molecule has 1 unspecified atom stereocenters. The highest BCUT2D eigenvalue weighted by Crippen LogP contribution is 2.59. The summed E-state index contributed by atoms with van der Waals surface area (Å²) in [5.74, 6) is -0.462. The van der Waals surface area contributed by atoms with Gasteiger partial charge in [-0.05, 0) is 73.6 Å². The molecule has 0 radical (unpaired) electrons. The number of halogens is 1. The molecule has 6 rings (SSSR count). The number of sulfonamides is 1. The molecule has 3 aromatic carbocycles. The van der Waals surface area contributed by atoms with Gasteiger partial charge in [0.2, 0.25) is 0 Å². The van der Waals surface area contributed by atoms with Crippen LogP contribution in [0, 0.1) is 11.7 Å². The molecule has 3 aliphatic rings. The van der Waals surface area contributed by atoms with Crippen molar-refractivity contribution in [3.05, 3.63) is 89.2 Å². The number of anilines is 1. The van der Waals surface area contributed by atoms with Gasteiger partial charge < -0.3 is 10.1 Å². The van der Waals surface area contributed by atoms with Crippen LogP contribution in [0.4, 0.5) is 10.1 Å². The second-order valence-electron chi connectivity index (χ2n) is 11.1. The summed E-state index contributed by atoms with van der Waals surface area (Å²) in [6.07, 6.45) is 2.22. The van der Waals surface area contributed by atoms with Crippen LogP contribution in [0.25, 0.3) is 0 Å². The van der Waals surface area contributed by atoms with E-state index in [0.717, 1.165) is 12.8 Å². The van der Waals surface area contributed by atoms with Gasteiger partial charge >= 0.3 is 0 Å². The van der Waals surface area contributed by atoms with Crippen molar-refractivity contribution in [2.45, 2.75) is 48.6 Å². The van der Waals surface area contributed by atoms with Crippen LogP contribution in [0.5, 0.6) is 5.75 Å². The zero-order chi connectivity index (χ0) is 29.0. The van der Waals surface area contributed by atoms with Crippen LogP contribution >= 0.6 is 0 Å². The minimum absolute atomic E-state index is 0.00692. The average molecular weight is 599 g/mol. The third kappa shape index (κ3) is 4.88. The Morgan fingerprint density at radius 2 is 1.78 bits per heavy atom. The number of hydrogen-bond acceptors (Lipinski definition) is 6. The summed E-state index contributed by atoms with van der Waals surface area (Å²) in [5, 5.41) is 2.76. The Labute approximate surface area is 239 Å². The lowest BCUT2D eigenvalue weighted by atomic mass is 9.70. The van der Waals surface area contributed by atoms with Crippen molar-refractivity contribution in [2.24, 2.45) is 5.92 Å². The first-order valence-corrected chi connectivity index (χ1v) is 16.9. The van der Waals surface area contributed by atoms with Crippen LogP contribution in [-0.2, 0) is 31.8 Å². The molecule has 1 atom stereocenters. The zero-order valence-corrected chi connectivity index (χ0v) is 24.2. The summed E-state index contributed by atoms with van der Waals surface area (Å²) in [6.45, 7) is -0.00692. The van der Waals surface area contributed by atoms with Crippen molar-refractivity contribution in [3.63, 3.8) is 0 Å². The Kier molecular flexibility index (Phi) is 6.85. The lowest BCUT2D eigenvalue weighted by molar-refractivity contribution is 0.0950. The second kappa shape index (κ2) is 10.1. The maximum Gasteiger partial charge on any atom is 0.264 e. The molecule has 2 aliphatic heterocycles. The third-order valence-corrected chi connectivity index (χ3v) is 12.1. The molecule has 41 heavy (non-hydrogen) atoms. The standard InChI is InChI=1S/C30H31FN2O6S2/c1-39-23-6-4-7-24(18-23)41(37,38)33-27-12-11-21(29(34)32-19-22-5-2-3-8-26(22)31)17-25(27)30(28(33)20-9-10-20)13-15-40(35,36)16-14-30/h2-8,11-12,17-18,20,28H,9-10,13-16,19H2,1H3,(H,32,34). The lowest BCUT2D eigenvalue weighted by Gasteiger charge is -2.41. The number of ether oxygens (including phenoxy) is 1. The minimum atomic E-state index is -4.07. The van der Waals surface area contributed by atoms with E-state index in [1.165, 1.54) is 29.6 Å². The van der Waals surface area contributed by atoms with Gasteiger partial charge in [0.25, 0.3) is 15.9 Å². The summed E-state index contributed by atoms with van der Waals surface area (Å²) in [4.78, 5) is 13.3. The maximum absolute atomic E-state index is 14.3. The molecule has 2 fully saturated rings. The fourth-order valence-corrected chi connectivity index (χ4v) is 9.79. The SMILES string of the molecule is COc1cccc(S(=O)(=O)N2c3ccc(C(=O)NCc4ccccc4F)cc3C3(CCS(=O)(=O)CC3)C2C2CC2)c1. The number of hydrogen-bond donors (Lipinski definition) is 1. The monoisotopic (exact) mass is 598 g/mol. The molecule has 0 aromatic heterocycles. The molecule has 8 nitrogen and oxygen atoms in total. The molecule has 1 aliphatic carbocycles. The number of amides is 1. The van der Waals surface area contributed by atoms with Crippen molar-refractivity contribution < 1.29 is 30.8 Å². The fourth-order valence-electron chi connectivity index (χ4n) is 6.40. The van der Waals surface area contributed by atoms with E-state index in [2.05, 4.69) is 5.32 Å². The first-order chi connectivity index (χ1) is 19.6. The van der Waals surface area contributed by atoms with E-state index < -0.39 is 43.0 Å². The first kappa shape index (κ1) is 27.7. The van der Waals surface area contributed by atoms with Gasteiger partial charge in [0.1, 0.15) is 21.4 Å². The number of nitrogens with zero attached hydrogens (tertiary/aromatic N) is 1. The van der Waals surface area contributed by atoms with E-state index >= 15 is 0 Å². The van der Waals surface area contributed by atoms with Crippen LogP contribution in [0.1, 0.15) is 47.2 Å². The van der Waals surface area contributed by atoms with Gasteiger partial charge in [-0.15, -0.1) is 0 Å². The first-order valence-electron chi connectivity index (χ1n) is 13.6. The number of sulfone groups is 1. The lowest BCUT2D eigenvalue weighted by Crippen LogP contribution is -2.52. The smallest absolute Gasteiger partial charge is 0.264 e. The summed E-state index contributed by atoms with van der Waals surface area (Å²) in [7, 11) is -5.85. The number of rotatable bonds is 7. The van der Waals surface area contributed by atoms with Gasteiger partial charge in [-0.3, -0.25) is 9.10 Å². The quantitative estimate of drug-likeness (QED) is 0.437. The predicted octanol–water partition coefficient (Wildman–Crippen LogP) is 4.20. The van der Waals surface area contributed by atoms with Crippen LogP contribution in [-0.4, -0.2) is 47.4 Å². The molecule has 1 saturated heterocycles. The number of carbonyl (C=O) groups is 1. The van der Waals surface area contributed by atoms with Crippen molar-refractivity contribution in [1.29, 1.82) is 0 Å². The summed E-state index contributed by atoms with van der Waals surface area (Å²) in [6, 6.07) is 17.0. The predicted molar refractivity (Wildman–Crippen MR) is 153 cm³/mol. The summed E-state index contributed by atoms with van der Waals surface area (Å²) >= 11 is 0. The highest BCUT2D eigenvalue weighted by atomic mass is 32.2. The molecular weight excluding hydrogens is 567 g/mol.